The number of aliphatic hydroxyl groups is 4. The van der Waals surface area contributed by atoms with E-state index in [9.17, 15) is 68.1 Å². The van der Waals surface area contributed by atoms with Crippen molar-refractivity contribution >= 4 is 63.5 Å². The molecule has 5 aromatic rings. The minimum atomic E-state index is -5.58. The summed E-state index contributed by atoms with van der Waals surface area (Å²) in [5.74, 6) is -0.964. The van der Waals surface area contributed by atoms with Crippen LogP contribution in [0.15, 0.2) is 39.3 Å². The maximum Gasteiger partial charge on any atom is 0.472 e. The molecule has 16 N–H and O–H groups in total. The van der Waals surface area contributed by atoms with E-state index in [1.54, 1.807) is 0 Å². The summed E-state index contributed by atoms with van der Waals surface area (Å²) in [5, 5.41) is 44.2. The zero-order valence-corrected chi connectivity index (χ0v) is 36.0. The number of imidazole rings is 2. The summed E-state index contributed by atoms with van der Waals surface area (Å²) >= 11 is 0. The number of ether oxygens (including phenoxy) is 3. The number of hydrogen-bond acceptors (Lipinski definition) is 26. The highest BCUT2D eigenvalue weighted by molar-refractivity contribution is 7.47. The van der Waals surface area contributed by atoms with Gasteiger partial charge in [0.1, 0.15) is 60.8 Å². The van der Waals surface area contributed by atoms with Gasteiger partial charge < -0.3 is 71.4 Å². The Hall–Kier alpha value is -4.97. The summed E-state index contributed by atoms with van der Waals surface area (Å²) in [5.41, 5.74) is 13.3. The summed E-state index contributed by atoms with van der Waals surface area (Å²) in [4.78, 5) is 101. The summed E-state index contributed by atoms with van der Waals surface area (Å²) in [7, 11) is -16.3. The maximum absolute atomic E-state index is 13.6. The third-order valence-corrected chi connectivity index (χ3v) is 12.7. The minimum Gasteiger partial charge on any atom is -0.387 e. The number of nitrogens with one attached hydrogen (secondary N) is 2. The molecule has 3 aliphatic heterocycles. The molecule has 14 atom stereocenters. The number of H-pyrrole nitrogens is 2. The van der Waals surface area contributed by atoms with Crippen LogP contribution in [0.3, 0.4) is 0 Å². The lowest BCUT2D eigenvalue weighted by Crippen LogP contribution is -2.38. The highest BCUT2D eigenvalue weighted by atomic mass is 31.2. The van der Waals surface area contributed by atoms with Crippen molar-refractivity contribution in [3.63, 3.8) is 0 Å². The Kier molecular flexibility index (Phi) is 13.1. The van der Waals surface area contributed by atoms with Crippen LogP contribution in [0.2, 0.25) is 0 Å². The molecule has 0 saturated carbocycles. The number of nitrogens with two attached hydrogens (primary N) is 3. The van der Waals surface area contributed by atoms with Crippen LogP contribution < -0.4 is 34.0 Å². The number of rotatable bonds is 16. The molecule has 0 aliphatic carbocycles. The van der Waals surface area contributed by atoms with E-state index in [4.69, 9.17) is 49.5 Å². The molecule has 8 rings (SSSR count). The monoisotopic (exact) mass is 1010 g/mol. The predicted molar refractivity (Wildman–Crippen MR) is 213 cm³/mol. The van der Waals surface area contributed by atoms with Gasteiger partial charge in [0.15, 0.2) is 41.0 Å². The summed E-state index contributed by atoms with van der Waals surface area (Å²) < 4.78 is 83.4. The zero-order valence-electron chi connectivity index (χ0n) is 33.3. The largest absolute Gasteiger partial charge is 0.472 e. The second-order valence-electron chi connectivity index (χ2n) is 14.7. The fourth-order valence-corrected chi connectivity index (χ4v) is 9.55. The molecule has 3 saturated heterocycles. The molecule has 35 nitrogen and oxygen atoms in total. The normalized spacial score (nSPS) is 30.9. The molecule has 38 heteroatoms. The van der Waals surface area contributed by atoms with Gasteiger partial charge in [0.2, 0.25) is 11.9 Å². The highest BCUT2D eigenvalue weighted by Crippen LogP contribution is 2.52. The average Bonchev–Trinajstić information content (AvgIpc) is 4.04. The lowest BCUT2D eigenvalue weighted by atomic mass is 10.1. The van der Waals surface area contributed by atoms with Crippen LogP contribution in [0.1, 0.15) is 18.7 Å². The van der Waals surface area contributed by atoms with Gasteiger partial charge in [-0.2, -0.15) is 15.0 Å². The molecule has 8 heterocycles. The Morgan fingerprint density at radius 3 is 1.52 bits per heavy atom. The number of nitrogen functional groups attached to an aromatic ring is 3. The third-order valence-electron chi connectivity index (χ3n) is 10.3. The van der Waals surface area contributed by atoms with E-state index in [-0.39, 0.29) is 40.0 Å². The smallest absolute Gasteiger partial charge is 0.387 e. The third kappa shape index (κ3) is 9.97. The molecule has 3 aliphatic rings. The Morgan fingerprint density at radius 2 is 1.04 bits per heavy atom. The quantitative estimate of drug-likeness (QED) is 0.0410. The first-order valence-electron chi connectivity index (χ1n) is 18.9. The lowest BCUT2D eigenvalue weighted by Gasteiger charge is -2.26. The van der Waals surface area contributed by atoms with Crippen molar-refractivity contribution in [3.8, 4) is 0 Å². The first-order valence-corrected chi connectivity index (χ1v) is 23.4. The molecule has 3 fully saturated rings. The minimum absolute atomic E-state index is 0.155. The summed E-state index contributed by atoms with van der Waals surface area (Å²) in [6, 6.07) is 1.11. The van der Waals surface area contributed by atoms with Crippen LogP contribution in [0.4, 0.5) is 17.7 Å². The van der Waals surface area contributed by atoms with Gasteiger partial charge in [-0.15, -0.1) is 0 Å². The van der Waals surface area contributed by atoms with Crippen LogP contribution >= 0.6 is 23.5 Å². The number of aromatic nitrogens is 10. The Bertz CT molecular complexity index is 3000. The number of fused-ring (bicyclic) bond motifs is 2. The zero-order chi connectivity index (χ0) is 48.5. The average molecular weight is 1010 g/mol. The van der Waals surface area contributed by atoms with Crippen LogP contribution in [0.5, 0.6) is 0 Å². The fraction of sp³-hybridized carbons (Fsp3) is 0.517. The van der Waals surface area contributed by atoms with Gasteiger partial charge in [-0.25, -0.2) is 28.5 Å². The van der Waals surface area contributed by atoms with E-state index < -0.39 is 134 Å². The summed E-state index contributed by atoms with van der Waals surface area (Å²) in [6.07, 6.45) is -19.3. The van der Waals surface area contributed by atoms with Gasteiger partial charge in [0, 0.05) is 6.20 Å². The van der Waals surface area contributed by atoms with Gasteiger partial charge in [-0.3, -0.25) is 55.9 Å². The molecule has 0 radical (unpaired) electrons. The molecule has 0 amide bonds. The second-order valence-corrected chi connectivity index (χ2v) is 18.8. The standard InChI is InChI=1S/C29H38N13O22P3/c30-11-1-2-40(29(49)35-11)25-16(45)19(64-66(53,54)58-3-8-14(43)15(44)24(60-8)41-6-33-12-20(41)36-27(31)38-22(12)47)10(61-25)5-59-67(55,56)63-18-9(4-57-65(50,51)52)62-26(17(18)46)42-7-34-13-21(42)37-28(32)39-23(13)48/h1-2,6-10,14-19,24-26,43-46H,3-5H2,(H,53,54)(H,55,56)(H2,30,35,49)(H2,50,51,52)(H3,31,36,38,47)(H3,32,37,39,48)/t8-,9-,10-,14-,15-,16-,17-,18-,19-,24-,25-,26-/m1/s1. The van der Waals surface area contributed by atoms with E-state index >= 15 is 0 Å². The number of aromatic amines is 2. The predicted octanol–water partition coefficient (Wildman–Crippen LogP) is -5.49. The second kappa shape index (κ2) is 18.2. The van der Waals surface area contributed by atoms with Gasteiger partial charge >= 0.3 is 29.2 Å². The molecule has 2 unspecified atom stereocenters. The first-order chi connectivity index (χ1) is 31.4. The SMILES string of the molecule is Nc1ccn([C@@H]2O[C@H](COP(=O)(O)O[C@H]3[C@@H](O)[C@H](n4cnc5c(=O)[nH]c(N)nc54)O[C@@H]3COP(=O)(O)O)[C@@H](OP(=O)(O)OC[C@H]3O[C@@H](n4cnc5c(=O)[nH]c(N)nc54)[C@H](O)[C@@H]3O)[C@H]2O)c(=O)n1. The fourth-order valence-electron chi connectivity index (χ4n) is 7.28. The Balaban J connectivity index is 0.989. The Labute approximate surface area is 369 Å². The van der Waals surface area contributed by atoms with E-state index in [2.05, 4.69) is 39.4 Å². The van der Waals surface area contributed by atoms with Crippen LogP contribution in [0, 0.1) is 0 Å². The maximum atomic E-state index is 13.6. The number of nitrogens with zero attached hydrogens (tertiary/aromatic N) is 8. The number of anilines is 3. The number of hydrogen-bond donors (Lipinski definition) is 13. The molecule has 366 valence electrons. The lowest BCUT2D eigenvalue weighted by molar-refractivity contribution is -0.0631. The molecule has 67 heavy (non-hydrogen) atoms. The van der Waals surface area contributed by atoms with Gasteiger partial charge in [-0.1, -0.05) is 0 Å². The summed E-state index contributed by atoms with van der Waals surface area (Å²) in [6.45, 7) is -3.31. The number of aliphatic hydroxyl groups excluding tert-OH is 4. The van der Waals surface area contributed by atoms with Gasteiger partial charge in [-0.05, 0) is 6.07 Å². The van der Waals surface area contributed by atoms with E-state index in [0.717, 1.165) is 34.1 Å². The molecule has 0 spiro atoms. The number of phosphoric acid groups is 3. The highest BCUT2D eigenvalue weighted by Gasteiger charge is 2.53. The first kappa shape index (κ1) is 48.5. The van der Waals surface area contributed by atoms with Crippen LogP contribution in [-0.2, 0) is 50.5 Å². The van der Waals surface area contributed by atoms with Crippen LogP contribution in [-0.4, -0.2) is 163 Å². The van der Waals surface area contributed by atoms with Crippen molar-refractivity contribution in [3.05, 3.63) is 56.1 Å². The van der Waals surface area contributed by atoms with Crippen molar-refractivity contribution < 1.29 is 90.5 Å². The van der Waals surface area contributed by atoms with Gasteiger partial charge in [0.25, 0.3) is 11.1 Å². The molecule has 0 bridgehead atoms. The van der Waals surface area contributed by atoms with Gasteiger partial charge in [0.05, 0.1) is 32.5 Å². The molecular formula is C29H38N13O22P3. The topological polar surface area (TPSA) is 527 Å². The van der Waals surface area contributed by atoms with E-state index in [0.29, 0.717) is 4.57 Å². The van der Waals surface area contributed by atoms with Crippen LogP contribution in [0.25, 0.3) is 22.3 Å². The van der Waals surface area contributed by atoms with Crippen molar-refractivity contribution in [2.24, 2.45) is 0 Å². The molecule has 0 aromatic carbocycles. The van der Waals surface area contributed by atoms with Crippen molar-refractivity contribution in [1.29, 1.82) is 0 Å². The molecular weight excluding hydrogens is 975 g/mol. The van der Waals surface area contributed by atoms with E-state index in [1.807, 2.05) is 0 Å². The van der Waals surface area contributed by atoms with Crippen molar-refractivity contribution in [2.75, 3.05) is 37.0 Å². The van der Waals surface area contributed by atoms with Crippen molar-refractivity contribution in [1.82, 2.24) is 48.6 Å². The Morgan fingerprint density at radius 1 is 0.612 bits per heavy atom. The van der Waals surface area contributed by atoms with Crippen molar-refractivity contribution in [2.45, 2.75) is 73.6 Å². The number of phosphoric ester groups is 3. The molecule has 5 aromatic heterocycles. The van der Waals surface area contributed by atoms with E-state index in [1.165, 1.54) is 0 Å².